The normalized spacial score (nSPS) is 10.7. The first-order valence-corrected chi connectivity index (χ1v) is 5.48. The highest BCUT2D eigenvalue weighted by molar-refractivity contribution is 5.54. The van der Waals surface area contributed by atoms with Crippen LogP contribution in [0.3, 0.4) is 0 Å². The molecular weight excluding hydrogens is 188 g/mol. The summed E-state index contributed by atoms with van der Waals surface area (Å²) in [5.41, 5.74) is 6.86. The first-order chi connectivity index (χ1) is 7.15. The minimum Gasteiger partial charge on any atom is -0.383 e. The van der Waals surface area contributed by atoms with Gasteiger partial charge in [0, 0.05) is 12.1 Å². The van der Waals surface area contributed by atoms with Crippen LogP contribution in [0.5, 0.6) is 0 Å². The van der Waals surface area contributed by atoms with Crippen LogP contribution in [0.4, 0.5) is 11.6 Å². The minimum atomic E-state index is 0.593. The molecule has 84 valence electrons. The summed E-state index contributed by atoms with van der Waals surface area (Å²) in [7, 11) is 0. The van der Waals surface area contributed by atoms with Gasteiger partial charge in [-0.05, 0) is 12.3 Å². The maximum absolute atomic E-state index is 5.82. The highest BCUT2D eigenvalue weighted by Crippen LogP contribution is 2.19. The number of nitrogens with two attached hydrogens (primary N) is 1. The van der Waals surface area contributed by atoms with Crippen molar-refractivity contribution in [3.8, 4) is 0 Å². The summed E-state index contributed by atoms with van der Waals surface area (Å²) < 4.78 is 0. The highest BCUT2D eigenvalue weighted by atomic mass is 15.0. The zero-order valence-electron chi connectivity index (χ0n) is 9.75. The number of hydrogen-bond acceptors (Lipinski definition) is 4. The zero-order chi connectivity index (χ0) is 11.3. The fourth-order valence-electron chi connectivity index (χ4n) is 1.38. The minimum absolute atomic E-state index is 0.593. The van der Waals surface area contributed by atoms with Gasteiger partial charge in [-0.15, -0.1) is 0 Å². The Morgan fingerprint density at radius 1 is 1.40 bits per heavy atom. The molecule has 1 rings (SSSR count). The van der Waals surface area contributed by atoms with Crippen molar-refractivity contribution in [3.63, 3.8) is 0 Å². The Balaban J connectivity index is 2.80. The highest BCUT2D eigenvalue weighted by Gasteiger charge is 2.07. The molecule has 3 N–H and O–H groups in total. The van der Waals surface area contributed by atoms with E-state index < -0.39 is 0 Å². The molecule has 1 heterocycles. The molecule has 0 aromatic carbocycles. The largest absolute Gasteiger partial charge is 0.383 e. The van der Waals surface area contributed by atoms with Crippen LogP contribution in [0.25, 0.3) is 0 Å². The Morgan fingerprint density at radius 3 is 2.73 bits per heavy atom. The lowest BCUT2D eigenvalue weighted by Gasteiger charge is -2.13. The molecule has 0 spiro atoms. The van der Waals surface area contributed by atoms with Crippen LogP contribution >= 0.6 is 0 Å². The molecule has 0 atom stereocenters. The van der Waals surface area contributed by atoms with Gasteiger partial charge in [-0.25, -0.2) is 9.97 Å². The first kappa shape index (κ1) is 11.8. The van der Waals surface area contributed by atoms with Gasteiger partial charge in [-0.3, -0.25) is 0 Å². The van der Waals surface area contributed by atoms with Crippen molar-refractivity contribution in [2.24, 2.45) is 5.92 Å². The zero-order valence-corrected chi connectivity index (χ0v) is 9.75. The lowest BCUT2D eigenvalue weighted by atomic mass is 10.1. The molecule has 0 unspecified atom stereocenters. The summed E-state index contributed by atoms with van der Waals surface area (Å²) in [5.74, 6) is 2.08. The number of nitrogen functional groups attached to an aromatic ring is 1. The quantitative estimate of drug-likeness (QED) is 0.777. The summed E-state index contributed by atoms with van der Waals surface area (Å²) in [5, 5.41) is 3.31. The second-order valence-corrected chi connectivity index (χ2v) is 4.11. The van der Waals surface area contributed by atoms with Gasteiger partial charge in [0.25, 0.3) is 0 Å². The molecule has 0 aliphatic rings. The summed E-state index contributed by atoms with van der Waals surface area (Å²) in [6.07, 6.45) is 3.48. The maximum Gasteiger partial charge on any atom is 0.134 e. The van der Waals surface area contributed by atoms with Crippen LogP contribution in [0, 0.1) is 5.92 Å². The van der Waals surface area contributed by atoms with E-state index in [0.29, 0.717) is 11.7 Å². The van der Waals surface area contributed by atoms with E-state index in [1.807, 2.05) is 0 Å². The Bertz CT molecular complexity index is 309. The van der Waals surface area contributed by atoms with Crippen molar-refractivity contribution in [1.82, 2.24) is 9.97 Å². The molecule has 0 radical (unpaired) electrons. The third kappa shape index (κ3) is 3.38. The van der Waals surface area contributed by atoms with Gasteiger partial charge in [0.05, 0.1) is 0 Å². The summed E-state index contributed by atoms with van der Waals surface area (Å²) in [4.78, 5) is 8.24. The average Bonchev–Trinajstić information content (AvgIpc) is 2.19. The number of anilines is 2. The maximum atomic E-state index is 5.82. The van der Waals surface area contributed by atoms with Crippen LogP contribution in [0.15, 0.2) is 6.33 Å². The van der Waals surface area contributed by atoms with Crippen molar-refractivity contribution >= 4 is 11.6 Å². The molecule has 0 amide bonds. The smallest absolute Gasteiger partial charge is 0.134 e. The van der Waals surface area contributed by atoms with E-state index in [-0.39, 0.29) is 0 Å². The fourth-order valence-corrected chi connectivity index (χ4v) is 1.38. The number of nitrogens with one attached hydrogen (secondary N) is 1. The number of hydrogen-bond donors (Lipinski definition) is 2. The molecule has 0 saturated heterocycles. The summed E-state index contributed by atoms with van der Waals surface area (Å²) in [6.45, 7) is 7.36. The molecule has 0 fully saturated rings. The predicted octanol–water partition coefficient (Wildman–Crippen LogP) is 2.08. The summed E-state index contributed by atoms with van der Waals surface area (Å²) >= 11 is 0. The number of rotatable bonds is 5. The van der Waals surface area contributed by atoms with Gasteiger partial charge in [0.1, 0.15) is 18.0 Å². The van der Waals surface area contributed by atoms with Crippen molar-refractivity contribution in [2.45, 2.75) is 33.6 Å². The molecule has 4 nitrogen and oxygen atoms in total. The van der Waals surface area contributed by atoms with E-state index >= 15 is 0 Å². The van der Waals surface area contributed by atoms with E-state index in [1.165, 1.54) is 6.33 Å². The Hall–Kier alpha value is -1.32. The van der Waals surface area contributed by atoms with Gasteiger partial charge in [0.2, 0.25) is 0 Å². The van der Waals surface area contributed by atoms with E-state index in [9.17, 15) is 0 Å². The second kappa shape index (κ2) is 5.53. The van der Waals surface area contributed by atoms with Crippen molar-refractivity contribution < 1.29 is 0 Å². The number of nitrogens with zero attached hydrogens (tertiary/aromatic N) is 2. The van der Waals surface area contributed by atoms with Crippen LogP contribution in [-0.4, -0.2) is 16.5 Å². The van der Waals surface area contributed by atoms with E-state index in [1.54, 1.807) is 0 Å². The molecule has 0 bridgehead atoms. The Morgan fingerprint density at radius 2 is 2.13 bits per heavy atom. The SMILES string of the molecule is CCCc1c(N)ncnc1NCC(C)C. The molecule has 4 heteroatoms. The average molecular weight is 208 g/mol. The molecule has 1 aromatic heterocycles. The third-order valence-electron chi connectivity index (χ3n) is 2.16. The second-order valence-electron chi connectivity index (χ2n) is 4.11. The monoisotopic (exact) mass is 208 g/mol. The van der Waals surface area contributed by atoms with Crippen molar-refractivity contribution in [2.75, 3.05) is 17.6 Å². The van der Waals surface area contributed by atoms with Crippen molar-refractivity contribution in [1.29, 1.82) is 0 Å². The standard InChI is InChI=1S/C11H20N4/c1-4-5-9-10(12)14-7-15-11(9)13-6-8(2)3/h7-8H,4-6H2,1-3H3,(H3,12,13,14,15). The first-order valence-electron chi connectivity index (χ1n) is 5.48. The third-order valence-corrected chi connectivity index (χ3v) is 2.16. The van der Waals surface area contributed by atoms with Crippen LogP contribution in [0.1, 0.15) is 32.8 Å². The lowest BCUT2D eigenvalue weighted by molar-refractivity contribution is 0.685. The molecular formula is C11H20N4. The topological polar surface area (TPSA) is 63.8 Å². The van der Waals surface area contributed by atoms with Gasteiger partial charge < -0.3 is 11.1 Å². The molecule has 0 aliphatic carbocycles. The molecule has 0 saturated carbocycles. The molecule has 0 aliphatic heterocycles. The van der Waals surface area contributed by atoms with E-state index in [2.05, 4.69) is 36.1 Å². The molecule has 15 heavy (non-hydrogen) atoms. The summed E-state index contributed by atoms with van der Waals surface area (Å²) in [6, 6.07) is 0. The van der Waals surface area contributed by atoms with Gasteiger partial charge >= 0.3 is 0 Å². The van der Waals surface area contributed by atoms with Crippen LogP contribution in [0.2, 0.25) is 0 Å². The van der Waals surface area contributed by atoms with Gasteiger partial charge in [-0.1, -0.05) is 27.2 Å². The number of aromatic nitrogens is 2. The predicted molar refractivity (Wildman–Crippen MR) is 63.8 cm³/mol. The van der Waals surface area contributed by atoms with E-state index in [4.69, 9.17) is 5.73 Å². The van der Waals surface area contributed by atoms with E-state index in [0.717, 1.165) is 30.8 Å². The van der Waals surface area contributed by atoms with Crippen LogP contribution in [-0.2, 0) is 6.42 Å². The lowest BCUT2D eigenvalue weighted by Crippen LogP contribution is -2.13. The fraction of sp³-hybridized carbons (Fsp3) is 0.636. The molecule has 1 aromatic rings. The van der Waals surface area contributed by atoms with Gasteiger partial charge in [-0.2, -0.15) is 0 Å². The van der Waals surface area contributed by atoms with Gasteiger partial charge in [0.15, 0.2) is 0 Å². The Kier molecular flexibility index (Phi) is 4.34. The Labute approximate surface area is 91.3 Å². The van der Waals surface area contributed by atoms with Crippen LogP contribution < -0.4 is 11.1 Å². The van der Waals surface area contributed by atoms with Crippen molar-refractivity contribution in [3.05, 3.63) is 11.9 Å².